The van der Waals surface area contributed by atoms with Crippen LogP contribution >= 0.6 is 0 Å². The molecule has 0 aromatic carbocycles. The molecular formula is C15H15N5O. The third-order valence-electron chi connectivity index (χ3n) is 3.72. The van der Waals surface area contributed by atoms with E-state index < -0.39 is 0 Å². The van der Waals surface area contributed by atoms with E-state index in [0.717, 1.165) is 11.3 Å². The van der Waals surface area contributed by atoms with Gasteiger partial charge in [0.1, 0.15) is 11.6 Å². The van der Waals surface area contributed by atoms with Crippen molar-refractivity contribution < 1.29 is 0 Å². The van der Waals surface area contributed by atoms with Crippen LogP contribution in [0.1, 0.15) is 36.6 Å². The third-order valence-corrected chi connectivity index (χ3v) is 3.72. The van der Waals surface area contributed by atoms with Gasteiger partial charge in [-0.3, -0.25) is 9.79 Å². The summed E-state index contributed by atoms with van der Waals surface area (Å²) in [4.78, 5) is 16.9. The van der Waals surface area contributed by atoms with Gasteiger partial charge in [-0.25, -0.2) is 0 Å². The van der Waals surface area contributed by atoms with Gasteiger partial charge in [0.25, 0.3) is 5.56 Å². The van der Waals surface area contributed by atoms with Crippen LogP contribution < -0.4 is 5.56 Å². The second-order valence-corrected chi connectivity index (χ2v) is 5.37. The molecule has 6 nitrogen and oxygen atoms in total. The highest BCUT2D eigenvalue weighted by Gasteiger charge is 2.23. The monoisotopic (exact) mass is 281 g/mol. The zero-order valence-electron chi connectivity index (χ0n) is 12.2. The molecule has 1 aliphatic heterocycles. The fourth-order valence-corrected chi connectivity index (χ4v) is 2.80. The molecule has 21 heavy (non-hydrogen) atoms. The fraction of sp³-hybridized carbons (Fsp3) is 0.333. The van der Waals surface area contributed by atoms with Gasteiger partial charge in [-0.05, 0) is 17.6 Å². The van der Waals surface area contributed by atoms with E-state index in [1.165, 1.54) is 10.7 Å². The lowest BCUT2D eigenvalue weighted by molar-refractivity contribution is 0.740. The Morgan fingerprint density at radius 3 is 2.76 bits per heavy atom. The maximum Gasteiger partial charge on any atom is 0.278 e. The van der Waals surface area contributed by atoms with Crippen LogP contribution in [0.4, 0.5) is 0 Å². The highest BCUT2D eigenvalue weighted by Crippen LogP contribution is 2.26. The van der Waals surface area contributed by atoms with Gasteiger partial charge in [0.2, 0.25) is 0 Å². The molecule has 106 valence electrons. The van der Waals surface area contributed by atoms with E-state index in [9.17, 15) is 10.1 Å². The van der Waals surface area contributed by atoms with E-state index >= 15 is 0 Å². The smallest absolute Gasteiger partial charge is 0.278 e. The molecule has 0 saturated heterocycles. The molecule has 6 heteroatoms. The highest BCUT2D eigenvalue weighted by molar-refractivity contribution is 5.90. The molecule has 2 aromatic heterocycles. The minimum absolute atomic E-state index is 0.0549. The SMILES string of the molecule is CC(C)c1c(C2=CC=NC2)n(C)c2c(C#N)cnn2c1=O. The molecule has 0 N–H and O–H groups in total. The molecule has 0 spiro atoms. The molecule has 0 fully saturated rings. The maximum atomic E-state index is 12.7. The number of aryl methyl sites for hydroxylation is 1. The van der Waals surface area contributed by atoms with Crippen LogP contribution in [-0.2, 0) is 7.05 Å². The minimum Gasteiger partial charge on any atom is -0.327 e. The van der Waals surface area contributed by atoms with E-state index in [1.807, 2.05) is 31.5 Å². The average Bonchev–Trinajstić information content (AvgIpc) is 3.10. The Balaban J connectivity index is 2.49. The molecule has 1 aliphatic rings. The highest BCUT2D eigenvalue weighted by atomic mass is 16.1. The molecule has 0 saturated carbocycles. The van der Waals surface area contributed by atoms with Gasteiger partial charge in [0.05, 0.1) is 18.4 Å². The molecule has 0 aliphatic carbocycles. The Kier molecular flexibility index (Phi) is 2.98. The lowest BCUT2D eigenvalue weighted by atomic mass is 9.98. The van der Waals surface area contributed by atoms with E-state index in [4.69, 9.17) is 0 Å². The lowest BCUT2D eigenvalue weighted by Gasteiger charge is -2.18. The summed E-state index contributed by atoms with van der Waals surface area (Å²) in [5.74, 6) is 0.0549. The predicted molar refractivity (Wildman–Crippen MR) is 80.6 cm³/mol. The molecule has 0 atom stereocenters. The number of aliphatic imine (C=N–C) groups is 1. The van der Waals surface area contributed by atoms with Crippen molar-refractivity contribution in [3.8, 4) is 6.07 Å². The lowest BCUT2D eigenvalue weighted by Crippen LogP contribution is -2.27. The van der Waals surface area contributed by atoms with Crippen molar-refractivity contribution in [3.05, 3.63) is 39.4 Å². The second-order valence-electron chi connectivity index (χ2n) is 5.37. The van der Waals surface area contributed by atoms with Gasteiger partial charge in [0, 0.05) is 18.8 Å². The van der Waals surface area contributed by atoms with Crippen LogP contribution in [0.15, 0.2) is 22.1 Å². The second kappa shape index (κ2) is 4.70. The van der Waals surface area contributed by atoms with Crippen molar-refractivity contribution in [1.29, 1.82) is 5.26 Å². The Morgan fingerprint density at radius 2 is 2.19 bits per heavy atom. The number of hydrogen-bond acceptors (Lipinski definition) is 4. The summed E-state index contributed by atoms with van der Waals surface area (Å²) in [5, 5.41) is 13.3. The van der Waals surface area contributed by atoms with Crippen LogP contribution in [0, 0.1) is 11.3 Å². The van der Waals surface area contributed by atoms with Gasteiger partial charge < -0.3 is 4.57 Å². The first-order valence-corrected chi connectivity index (χ1v) is 6.76. The number of nitriles is 1. The number of nitrogens with zero attached hydrogens (tertiary/aromatic N) is 5. The first-order chi connectivity index (χ1) is 10.1. The number of aromatic nitrogens is 3. The number of hydrogen-bond donors (Lipinski definition) is 0. The molecular weight excluding hydrogens is 266 g/mol. The summed E-state index contributed by atoms with van der Waals surface area (Å²) < 4.78 is 3.19. The summed E-state index contributed by atoms with van der Waals surface area (Å²) in [6.07, 6.45) is 5.10. The molecule has 0 radical (unpaired) electrons. The van der Waals surface area contributed by atoms with Crippen LogP contribution in [-0.4, -0.2) is 26.9 Å². The van der Waals surface area contributed by atoms with E-state index in [2.05, 4.69) is 16.2 Å². The van der Waals surface area contributed by atoms with Gasteiger partial charge >= 0.3 is 0 Å². The van der Waals surface area contributed by atoms with Crippen molar-refractivity contribution in [1.82, 2.24) is 14.2 Å². The summed E-state index contributed by atoms with van der Waals surface area (Å²) >= 11 is 0. The largest absolute Gasteiger partial charge is 0.327 e. The van der Waals surface area contributed by atoms with Gasteiger partial charge in [-0.1, -0.05) is 13.8 Å². The van der Waals surface area contributed by atoms with E-state index in [0.29, 0.717) is 23.3 Å². The molecule has 3 heterocycles. The van der Waals surface area contributed by atoms with Crippen molar-refractivity contribution in [2.24, 2.45) is 12.0 Å². The van der Waals surface area contributed by atoms with Crippen LogP contribution in [0.2, 0.25) is 0 Å². The van der Waals surface area contributed by atoms with Gasteiger partial charge in [-0.15, -0.1) is 0 Å². The summed E-state index contributed by atoms with van der Waals surface area (Å²) in [6, 6.07) is 2.09. The molecule has 0 unspecified atom stereocenters. The van der Waals surface area contributed by atoms with Crippen molar-refractivity contribution in [3.63, 3.8) is 0 Å². The van der Waals surface area contributed by atoms with E-state index in [-0.39, 0.29) is 11.5 Å². The Hall–Kier alpha value is -2.68. The standard InChI is InChI=1S/C15H15N5O/c1-9(2)12-13(10-4-5-17-7-10)19(3)14-11(6-16)8-18-20(14)15(12)21/h4-5,8-9H,7H2,1-3H3. The predicted octanol–water partition coefficient (Wildman–Crippen LogP) is 1.50. The van der Waals surface area contributed by atoms with Crippen LogP contribution in [0.3, 0.4) is 0 Å². The Morgan fingerprint density at radius 1 is 1.43 bits per heavy atom. The Bertz CT molecular complexity index is 889. The molecule has 2 aromatic rings. The number of rotatable bonds is 2. The van der Waals surface area contributed by atoms with Gasteiger partial charge in [0.15, 0.2) is 5.65 Å². The first kappa shape index (κ1) is 13.3. The zero-order valence-corrected chi connectivity index (χ0v) is 12.2. The van der Waals surface area contributed by atoms with E-state index in [1.54, 1.807) is 6.21 Å². The average molecular weight is 281 g/mol. The van der Waals surface area contributed by atoms with Crippen LogP contribution in [0.25, 0.3) is 11.2 Å². The summed E-state index contributed by atoms with van der Waals surface area (Å²) in [6.45, 7) is 4.52. The van der Waals surface area contributed by atoms with Crippen LogP contribution in [0.5, 0.6) is 0 Å². The maximum absolute atomic E-state index is 12.7. The molecule has 3 rings (SSSR count). The topological polar surface area (TPSA) is 75.4 Å². The van der Waals surface area contributed by atoms with Crippen molar-refractivity contribution >= 4 is 17.4 Å². The minimum atomic E-state index is -0.164. The van der Waals surface area contributed by atoms with Crippen molar-refractivity contribution in [2.45, 2.75) is 19.8 Å². The quantitative estimate of drug-likeness (QED) is 0.837. The summed E-state index contributed by atoms with van der Waals surface area (Å²) in [5.41, 5.74) is 3.29. The number of fused-ring (bicyclic) bond motifs is 1. The van der Waals surface area contributed by atoms with Crippen molar-refractivity contribution in [2.75, 3.05) is 6.54 Å². The van der Waals surface area contributed by atoms with Gasteiger partial charge in [-0.2, -0.15) is 14.9 Å². The normalized spacial score (nSPS) is 14.0. The number of allylic oxidation sites excluding steroid dienone is 1. The zero-order chi connectivity index (χ0) is 15.1. The molecule has 0 bridgehead atoms. The first-order valence-electron chi connectivity index (χ1n) is 6.76. The Labute approximate surface area is 121 Å². The molecule has 0 amide bonds. The fourth-order valence-electron chi connectivity index (χ4n) is 2.80. The summed E-state index contributed by atoms with van der Waals surface area (Å²) in [7, 11) is 1.86. The third kappa shape index (κ3) is 1.82.